The van der Waals surface area contributed by atoms with Gasteiger partial charge in [0, 0.05) is 23.1 Å². The molecule has 3 nitrogen and oxygen atoms in total. The summed E-state index contributed by atoms with van der Waals surface area (Å²) in [4.78, 5) is 15.3. The van der Waals surface area contributed by atoms with Gasteiger partial charge >= 0.3 is 0 Å². The number of aryl methyl sites for hydroxylation is 1. The van der Waals surface area contributed by atoms with Crippen molar-refractivity contribution in [1.29, 1.82) is 0 Å². The predicted octanol–water partition coefficient (Wildman–Crippen LogP) is 3.08. The molecule has 0 radical (unpaired) electrons. The summed E-state index contributed by atoms with van der Waals surface area (Å²) in [6.07, 6.45) is 7.20. The largest absolute Gasteiger partial charge is 0.361 e. The Labute approximate surface area is 113 Å². The van der Waals surface area contributed by atoms with Crippen molar-refractivity contribution in [3.05, 3.63) is 35.5 Å². The number of rotatable bonds is 3. The van der Waals surface area contributed by atoms with E-state index in [9.17, 15) is 4.79 Å². The Morgan fingerprint density at radius 1 is 1.37 bits per heavy atom. The summed E-state index contributed by atoms with van der Waals surface area (Å²) < 4.78 is 0. The summed E-state index contributed by atoms with van der Waals surface area (Å²) in [5, 5.41) is 4.30. The van der Waals surface area contributed by atoms with E-state index in [0.29, 0.717) is 12.5 Å². The lowest BCUT2D eigenvalue weighted by molar-refractivity contribution is -0.121. The molecule has 0 aliphatic heterocycles. The van der Waals surface area contributed by atoms with E-state index in [0.717, 1.165) is 29.3 Å². The molecular weight excluding hydrogens is 236 g/mol. The second-order valence-corrected chi connectivity index (χ2v) is 5.59. The van der Waals surface area contributed by atoms with Crippen LogP contribution in [0, 0.1) is 6.92 Å². The number of carbonyl (C=O) groups excluding carboxylic acids is 1. The van der Waals surface area contributed by atoms with Crippen molar-refractivity contribution in [2.75, 3.05) is 0 Å². The molecule has 0 unspecified atom stereocenters. The van der Waals surface area contributed by atoms with Crippen LogP contribution in [-0.4, -0.2) is 16.9 Å². The average molecular weight is 256 g/mol. The maximum Gasteiger partial charge on any atom is 0.224 e. The Morgan fingerprint density at radius 2 is 2.16 bits per heavy atom. The third-order valence-electron chi connectivity index (χ3n) is 3.99. The Balaban J connectivity index is 1.72. The maximum absolute atomic E-state index is 12.1. The lowest BCUT2D eigenvalue weighted by atomic mass is 10.1. The molecule has 1 aromatic heterocycles. The molecule has 3 heteroatoms. The molecule has 1 amide bonds. The van der Waals surface area contributed by atoms with Gasteiger partial charge in [-0.1, -0.05) is 25.0 Å². The number of amides is 1. The molecule has 1 fully saturated rings. The van der Waals surface area contributed by atoms with Gasteiger partial charge in [-0.2, -0.15) is 0 Å². The summed E-state index contributed by atoms with van der Waals surface area (Å²) in [5.74, 6) is 0.147. The van der Waals surface area contributed by atoms with Gasteiger partial charge in [-0.25, -0.2) is 0 Å². The molecular formula is C16H20N2O. The number of benzene rings is 1. The summed E-state index contributed by atoms with van der Waals surface area (Å²) in [6, 6.07) is 6.71. The van der Waals surface area contributed by atoms with Crippen molar-refractivity contribution in [2.24, 2.45) is 0 Å². The Bertz CT molecular complexity index is 594. The number of carbonyl (C=O) groups is 1. The second-order valence-electron chi connectivity index (χ2n) is 5.59. The zero-order valence-electron chi connectivity index (χ0n) is 11.3. The van der Waals surface area contributed by atoms with Crippen molar-refractivity contribution in [3.8, 4) is 0 Å². The highest BCUT2D eigenvalue weighted by molar-refractivity contribution is 5.89. The SMILES string of the molecule is Cc1ccc2c(CC(=O)NC3CCCC3)c[nH]c2c1. The quantitative estimate of drug-likeness (QED) is 0.871. The Kier molecular flexibility index (Phi) is 3.28. The number of aromatic nitrogens is 1. The number of hydrogen-bond acceptors (Lipinski definition) is 1. The van der Waals surface area contributed by atoms with Gasteiger partial charge < -0.3 is 10.3 Å². The zero-order valence-corrected chi connectivity index (χ0v) is 11.3. The highest BCUT2D eigenvalue weighted by Crippen LogP contribution is 2.21. The molecule has 3 rings (SSSR count). The molecule has 0 bridgehead atoms. The Morgan fingerprint density at radius 3 is 2.95 bits per heavy atom. The predicted molar refractivity (Wildman–Crippen MR) is 77.1 cm³/mol. The fourth-order valence-corrected chi connectivity index (χ4v) is 2.97. The first-order valence-corrected chi connectivity index (χ1v) is 7.08. The van der Waals surface area contributed by atoms with E-state index in [1.54, 1.807) is 0 Å². The van der Waals surface area contributed by atoms with Crippen LogP contribution in [0.15, 0.2) is 24.4 Å². The van der Waals surface area contributed by atoms with Crippen molar-refractivity contribution >= 4 is 16.8 Å². The summed E-state index contributed by atoms with van der Waals surface area (Å²) in [6.45, 7) is 2.08. The number of aromatic amines is 1. The number of fused-ring (bicyclic) bond motifs is 1. The van der Waals surface area contributed by atoms with E-state index >= 15 is 0 Å². The molecule has 1 aromatic carbocycles. The first kappa shape index (κ1) is 12.3. The molecule has 0 spiro atoms. The number of H-pyrrole nitrogens is 1. The topological polar surface area (TPSA) is 44.9 Å². The van der Waals surface area contributed by atoms with Crippen LogP contribution in [-0.2, 0) is 11.2 Å². The van der Waals surface area contributed by atoms with Crippen molar-refractivity contribution in [1.82, 2.24) is 10.3 Å². The van der Waals surface area contributed by atoms with Gasteiger partial charge in [-0.15, -0.1) is 0 Å². The monoisotopic (exact) mass is 256 g/mol. The van der Waals surface area contributed by atoms with E-state index in [1.807, 2.05) is 6.20 Å². The van der Waals surface area contributed by atoms with Crippen LogP contribution >= 0.6 is 0 Å². The molecule has 2 aromatic rings. The molecule has 100 valence electrons. The maximum atomic E-state index is 12.1. The van der Waals surface area contributed by atoms with E-state index in [-0.39, 0.29) is 5.91 Å². The van der Waals surface area contributed by atoms with Crippen molar-refractivity contribution in [2.45, 2.75) is 45.1 Å². The third-order valence-corrected chi connectivity index (χ3v) is 3.99. The molecule has 0 atom stereocenters. The lowest BCUT2D eigenvalue weighted by Crippen LogP contribution is -2.33. The minimum Gasteiger partial charge on any atom is -0.361 e. The van der Waals surface area contributed by atoms with E-state index in [1.165, 1.54) is 18.4 Å². The first-order chi connectivity index (χ1) is 9.22. The summed E-state index contributed by atoms with van der Waals surface area (Å²) in [7, 11) is 0. The van der Waals surface area contributed by atoms with Gasteiger partial charge in [0.25, 0.3) is 0 Å². The van der Waals surface area contributed by atoms with Crippen LogP contribution in [0.1, 0.15) is 36.8 Å². The lowest BCUT2D eigenvalue weighted by Gasteiger charge is -2.11. The van der Waals surface area contributed by atoms with Crippen LogP contribution in [0.3, 0.4) is 0 Å². The fourth-order valence-electron chi connectivity index (χ4n) is 2.97. The van der Waals surface area contributed by atoms with Crippen LogP contribution < -0.4 is 5.32 Å². The smallest absolute Gasteiger partial charge is 0.224 e. The fraction of sp³-hybridized carbons (Fsp3) is 0.438. The molecule has 19 heavy (non-hydrogen) atoms. The molecule has 1 saturated carbocycles. The van der Waals surface area contributed by atoms with Gasteiger partial charge in [0.1, 0.15) is 0 Å². The average Bonchev–Trinajstić information content (AvgIpc) is 2.99. The van der Waals surface area contributed by atoms with Gasteiger partial charge in [0.05, 0.1) is 6.42 Å². The highest BCUT2D eigenvalue weighted by atomic mass is 16.1. The van der Waals surface area contributed by atoms with Crippen LogP contribution in [0.4, 0.5) is 0 Å². The first-order valence-electron chi connectivity index (χ1n) is 7.08. The summed E-state index contributed by atoms with van der Waals surface area (Å²) >= 11 is 0. The van der Waals surface area contributed by atoms with Crippen molar-refractivity contribution < 1.29 is 4.79 Å². The van der Waals surface area contributed by atoms with Crippen LogP contribution in [0.2, 0.25) is 0 Å². The molecule has 1 heterocycles. The molecule has 1 aliphatic carbocycles. The standard InChI is InChI=1S/C16H20N2O/c1-11-6-7-14-12(10-17-15(14)8-11)9-16(19)18-13-4-2-3-5-13/h6-8,10,13,17H,2-5,9H2,1H3,(H,18,19). The zero-order chi connectivity index (χ0) is 13.2. The number of nitrogens with one attached hydrogen (secondary N) is 2. The van der Waals surface area contributed by atoms with Crippen LogP contribution in [0.25, 0.3) is 10.9 Å². The highest BCUT2D eigenvalue weighted by Gasteiger charge is 2.17. The van der Waals surface area contributed by atoms with Gasteiger partial charge in [0.2, 0.25) is 5.91 Å². The second kappa shape index (κ2) is 5.08. The summed E-state index contributed by atoms with van der Waals surface area (Å²) in [5.41, 5.74) is 3.44. The van der Waals surface area contributed by atoms with Gasteiger partial charge in [-0.3, -0.25) is 4.79 Å². The molecule has 1 aliphatic rings. The number of hydrogen-bond donors (Lipinski definition) is 2. The third kappa shape index (κ3) is 2.65. The minimum atomic E-state index is 0.147. The van der Waals surface area contributed by atoms with E-state index in [2.05, 4.69) is 35.4 Å². The Hall–Kier alpha value is -1.77. The van der Waals surface area contributed by atoms with E-state index < -0.39 is 0 Å². The normalized spacial score (nSPS) is 16.1. The molecule has 0 saturated heterocycles. The van der Waals surface area contributed by atoms with Gasteiger partial charge in [0.15, 0.2) is 0 Å². The van der Waals surface area contributed by atoms with E-state index in [4.69, 9.17) is 0 Å². The molecule has 2 N–H and O–H groups in total. The van der Waals surface area contributed by atoms with Crippen molar-refractivity contribution in [3.63, 3.8) is 0 Å². The van der Waals surface area contributed by atoms with Crippen LogP contribution in [0.5, 0.6) is 0 Å². The van der Waals surface area contributed by atoms with Gasteiger partial charge in [-0.05, 0) is 37.0 Å². The minimum absolute atomic E-state index is 0.147.